The standard InChI is InChI=1S/C17H16FN3S.H3N/c1-11-5-6-15-14(7-11)20-16-21(15)9-17(19,10-22-16)12-3-2-4-13(18)8-12;/h2-8H,9-10,19H2,1H3;1H3. The third-order valence-corrected chi connectivity index (χ3v) is 5.40. The average molecular weight is 330 g/mol. The Bertz CT molecular complexity index is 876. The number of hydrogen-bond donors (Lipinski definition) is 2. The van der Waals surface area contributed by atoms with Crippen LogP contribution >= 0.6 is 11.8 Å². The van der Waals surface area contributed by atoms with Crippen molar-refractivity contribution in [2.24, 2.45) is 5.73 Å². The Morgan fingerprint density at radius 3 is 2.87 bits per heavy atom. The third kappa shape index (κ3) is 2.63. The highest BCUT2D eigenvalue weighted by Crippen LogP contribution is 2.37. The number of benzene rings is 2. The van der Waals surface area contributed by atoms with Gasteiger partial charge in [0.25, 0.3) is 0 Å². The van der Waals surface area contributed by atoms with Crippen LogP contribution < -0.4 is 11.9 Å². The largest absolute Gasteiger partial charge is 0.344 e. The van der Waals surface area contributed by atoms with Crippen LogP contribution in [-0.2, 0) is 12.1 Å². The molecular weight excluding hydrogens is 311 g/mol. The van der Waals surface area contributed by atoms with Crippen molar-refractivity contribution in [3.05, 3.63) is 59.4 Å². The minimum Gasteiger partial charge on any atom is -0.344 e. The van der Waals surface area contributed by atoms with E-state index in [0.29, 0.717) is 12.3 Å². The fourth-order valence-electron chi connectivity index (χ4n) is 2.97. The lowest BCUT2D eigenvalue weighted by molar-refractivity contribution is 0.394. The van der Waals surface area contributed by atoms with E-state index in [1.807, 2.05) is 6.07 Å². The zero-order valence-corrected chi connectivity index (χ0v) is 13.7. The zero-order valence-electron chi connectivity index (χ0n) is 12.9. The van der Waals surface area contributed by atoms with Gasteiger partial charge in [0.15, 0.2) is 5.16 Å². The van der Waals surface area contributed by atoms with Gasteiger partial charge in [-0.2, -0.15) is 0 Å². The van der Waals surface area contributed by atoms with E-state index in [1.54, 1.807) is 17.8 Å². The Balaban J connectivity index is 0.00000156. The molecule has 0 saturated carbocycles. The summed E-state index contributed by atoms with van der Waals surface area (Å²) < 4.78 is 15.7. The van der Waals surface area contributed by atoms with E-state index in [-0.39, 0.29) is 12.0 Å². The van der Waals surface area contributed by atoms with Crippen LogP contribution in [0.2, 0.25) is 0 Å². The van der Waals surface area contributed by atoms with Crippen molar-refractivity contribution in [1.82, 2.24) is 15.7 Å². The van der Waals surface area contributed by atoms with Crippen LogP contribution in [0.3, 0.4) is 0 Å². The molecule has 0 radical (unpaired) electrons. The molecule has 0 bridgehead atoms. The van der Waals surface area contributed by atoms with Crippen LogP contribution in [-0.4, -0.2) is 15.3 Å². The molecule has 6 heteroatoms. The van der Waals surface area contributed by atoms with Crippen LogP contribution in [0.15, 0.2) is 47.6 Å². The van der Waals surface area contributed by atoms with Crippen molar-refractivity contribution in [3.8, 4) is 0 Å². The maximum absolute atomic E-state index is 13.5. The van der Waals surface area contributed by atoms with Gasteiger partial charge in [-0.1, -0.05) is 30.0 Å². The first-order valence-electron chi connectivity index (χ1n) is 7.20. The second kappa shape index (κ2) is 5.63. The molecule has 0 amide bonds. The highest BCUT2D eigenvalue weighted by molar-refractivity contribution is 7.99. The highest BCUT2D eigenvalue weighted by atomic mass is 32.2. The molecular formula is C17H19FN4S. The summed E-state index contributed by atoms with van der Waals surface area (Å²) >= 11 is 1.63. The van der Waals surface area contributed by atoms with Gasteiger partial charge in [-0.05, 0) is 42.3 Å². The number of aromatic nitrogens is 2. The van der Waals surface area contributed by atoms with E-state index in [1.165, 1.54) is 17.7 Å². The average Bonchev–Trinajstić information content (AvgIpc) is 2.84. The Hall–Kier alpha value is -1.89. The number of halogens is 1. The van der Waals surface area contributed by atoms with Crippen molar-refractivity contribution in [2.75, 3.05) is 5.75 Å². The second-order valence-electron chi connectivity index (χ2n) is 5.93. The normalized spacial score (nSPS) is 20.1. The van der Waals surface area contributed by atoms with Gasteiger partial charge in [0.1, 0.15) is 5.82 Å². The van der Waals surface area contributed by atoms with Gasteiger partial charge in [-0.25, -0.2) is 9.37 Å². The summed E-state index contributed by atoms with van der Waals surface area (Å²) in [5, 5.41) is 0.984. The lowest BCUT2D eigenvalue weighted by atomic mass is 9.92. The summed E-state index contributed by atoms with van der Waals surface area (Å²) in [4.78, 5) is 4.69. The van der Waals surface area contributed by atoms with Crippen LogP contribution in [0.4, 0.5) is 4.39 Å². The van der Waals surface area contributed by atoms with Crippen LogP contribution in [0, 0.1) is 12.7 Å². The molecule has 4 nitrogen and oxygen atoms in total. The predicted octanol–water partition coefficient (Wildman–Crippen LogP) is 3.61. The second-order valence-corrected chi connectivity index (χ2v) is 6.87. The molecule has 3 aromatic rings. The smallest absolute Gasteiger partial charge is 0.169 e. The van der Waals surface area contributed by atoms with Crippen molar-refractivity contribution in [2.45, 2.75) is 24.2 Å². The fourth-order valence-corrected chi connectivity index (χ4v) is 4.10. The molecule has 120 valence electrons. The first kappa shape index (κ1) is 16.0. The molecule has 0 aliphatic carbocycles. The van der Waals surface area contributed by atoms with Crippen LogP contribution in [0.5, 0.6) is 0 Å². The molecule has 0 saturated heterocycles. The highest BCUT2D eigenvalue weighted by Gasteiger charge is 2.34. The molecule has 2 heterocycles. The summed E-state index contributed by atoms with van der Waals surface area (Å²) in [5.74, 6) is 0.447. The predicted molar refractivity (Wildman–Crippen MR) is 92.5 cm³/mol. The van der Waals surface area contributed by atoms with Crippen molar-refractivity contribution in [3.63, 3.8) is 0 Å². The molecule has 0 fully saturated rings. The van der Waals surface area contributed by atoms with Crippen molar-refractivity contribution in [1.29, 1.82) is 0 Å². The molecule has 0 spiro atoms. The Morgan fingerprint density at radius 1 is 1.26 bits per heavy atom. The lowest BCUT2D eigenvalue weighted by Gasteiger charge is -2.34. The van der Waals surface area contributed by atoms with Crippen LogP contribution in [0.25, 0.3) is 11.0 Å². The SMILES string of the molecule is Cc1ccc2c(c1)nc1n2CC(N)(c2cccc(F)c2)CS1.N. The number of nitrogens with two attached hydrogens (primary N) is 1. The minimum atomic E-state index is -0.585. The van der Waals surface area contributed by atoms with E-state index in [9.17, 15) is 4.39 Å². The molecule has 1 aromatic heterocycles. The first-order chi connectivity index (χ1) is 10.5. The summed E-state index contributed by atoms with van der Waals surface area (Å²) in [6, 6.07) is 12.8. The van der Waals surface area contributed by atoms with Gasteiger partial charge in [-0.15, -0.1) is 0 Å². The zero-order chi connectivity index (χ0) is 15.3. The van der Waals surface area contributed by atoms with E-state index in [2.05, 4.69) is 34.7 Å². The molecule has 4 rings (SSSR count). The molecule has 1 atom stereocenters. The molecule has 1 aliphatic heterocycles. The quantitative estimate of drug-likeness (QED) is 0.714. The lowest BCUT2D eigenvalue weighted by Crippen LogP contribution is -2.45. The maximum atomic E-state index is 13.5. The molecule has 5 N–H and O–H groups in total. The van der Waals surface area contributed by atoms with E-state index >= 15 is 0 Å². The number of aryl methyl sites for hydroxylation is 1. The summed E-state index contributed by atoms with van der Waals surface area (Å²) in [6.45, 7) is 2.67. The Labute approximate surface area is 138 Å². The first-order valence-corrected chi connectivity index (χ1v) is 8.18. The van der Waals surface area contributed by atoms with Gasteiger partial charge in [0, 0.05) is 12.3 Å². The van der Waals surface area contributed by atoms with Gasteiger partial charge >= 0.3 is 0 Å². The minimum absolute atomic E-state index is 0. The number of thioether (sulfide) groups is 1. The van der Waals surface area contributed by atoms with Gasteiger partial charge in [-0.3, -0.25) is 0 Å². The number of rotatable bonds is 1. The summed E-state index contributed by atoms with van der Waals surface area (Å²) in [5.41, 5.74) is 10.1. The van der Waals surface area contributed by atoms with E-state index in [0.717, 1.165) is 21.8 Å². The fraction of sp³-hybridized carbons (Fsp3) is 0.235. The van der Waals surface area contributed by atoms with E-state index in [4.69, 9.17) is 5.73 Å². The number of imidazole rings is 1. The topological polar surface area (TPSA) is 78.8 Å². The third-order valence-electron chi connectivity index (χ3n) is 4.17. The monoisotopic (exact) mass is 330 g/mol. The Kier molecular flexibility index (Phi) is 3.91. The molecule has 1 aliphatic rings. The van der Waals surface area contributed by atoms with Gasteiger partial charge in [0.05, 0.1) is 16.6 Å². The maximum Gasteiger partial charge on any atom is 0.169 e. The van der Waals surface area contributed by atoms with Gasteiger partial charge in [0.2, 0.25) is 0 Å². The number of fused-ring (bicyclic) bond motifs is 3. The summed E-state index contributed by atoms with van der Waals surface area (Å²) in [7, 11) is 0. The van der Waals surface area contributed by atoms with Crippen LogP contribution in [0.1, 0.15) is 11.1 Å². The van der Waals surface area contributed by atoms with Crippen molar-refractivity contribution >= 4 is 22.8 Å². The number of hydrogen-bond acceptors (Lipinski definition) is 4. The molecule has 2 aromatic carbocycles. The molecule has 1 unspecified atom stereocenters. The number of nitrogens with zero attached hydrogens (tertiary/aromatic N) is 2. The van der Waals surface area contributed by atoms with E-state index < -0.39 is 5.54 Å². The van der Waals surface area contributed by atoms with Crippen molar-refractivity contribution < 1.29 is 4.39 Å². The van der Waals surface area contributed by atoms with Gasteiger partial charge < -0.3 is 16.5 Å². The molecule has 23 heavy (non-hydrogen) atoms. The summed E-state index contributed by atoms with van der Waals surface area (Å²) in [6.07, 6.45) is 0. The Morgan fingerprint density at radius 2 is 2.09 bits per heavy atom.